The molecule has 118 valence electrons. The van der Waals surface area contributed by atoms with E-state index in [-0.39, 0.29) is 0 Å². The molecule has 1 fully saturated rings. The minimum atomic E-state index is 0.965. The lowest BCUT2D eigenvalue weighted by molar-refractivity contribution is 0.647. The second-order valence-corrected chi connectivity index (χ2v) is 6.73. The van der Waals surface area contributed by atoms with E-state index < -0.39 is 0 Å². The van der Waals surface area contributed by atoms with Gasteiger partial charge in [0.05, 0.1) is 5.69 Å². The summed E-state index contributed by atoms with van der Waals surface area (Å²) in [6.07, 6.45) is 3.74. The Kier molecular flexibility index (Phi) is 3.69. The molecule has 6 heteroatoms. The monoisotopic (exact) mass is 371 g/mol. The Hall–Kier alpha value is -2.08. The number of anilines is 2. The van der Waals surface area contributed by atoms with Crippen LogP contribution in [0.25, 0.3) is 5.52 Å². The van der Waals surface area contributed by atoms with Gasteiger partial charge in [-0.15, -0.1) is 0 Å². The summed E-state index contributed by atoms with van der Waals surface area (Å²) in [5, 5.41) is 4.47. The van der Waals surface area contributed by atoms with E-state index in [9.17, 15) is 0 Å². The summed E-state index contributed by atoms with van der Waals surface area (Å²) in [4.78, 5) is 9.37. The van der Waals surface area contributed by atoms with Crippen LogP contribution in [-0.4, -0.2) is 40.8 Å². The van der Waals surface area contributed by atoms with Crippen molar-refractivity contribution >= 4 is 33.0 Å². The molecular formula is C17H18BrN5. The number of piperazine rings is 1. The van der Waals surface area contributed by atoms with Crippen molar-refractivity contribution in [3.8, 4) is 0 Å². The summed E-state index contributed by atoms with van der Waals surface area (Å²) < 4.78 is 3.03. The highest BCUT2D eigenvalue weighted by atomic mass is 79.9. The number of hydrogen-bond donors (Lipinski definition) is 0. The van der Waals surface area contributed by atoms with Crippen molar-refractivity contribution in [3.05, 3.63) is 52.9 Å². The van der Waals surface area contributed by atoms with Crippen LogP contribution in [0.2, 0.25) is 0 Å². The van der Waals surface area contributed by atoms with Gasteiger partial charge in [-0.1, -0.05) is 15.9 Å². The lowest BCUT2D eigenvalue weighted by Crippen LogP contribution is -2.47. The summed E-state index contributed by atoms with van der Waals surface area (Å²) in [5.41, 5.74) is 3.38. The number of rotatable bonds is 2. The molecule has 0 radical (unpaired) electrons. The normalized spacial score (nSPS) is 15.4. The van der Waals surface area contributed by atoms with Crippen molar-refractivity contribution in [2.24, 2.45) is 0 Å². The number of benzene rings is 1. The average molecular weight is 372 g/mol. The minimum absolute atomic E-state index is 0.965. The van der Waals surface area contributed by atoms with Gasteiger partial charge >= 0.3 is 0 Å². The largest absolute Gasteiger partial charge is 0.368 e. The topological polar surface area (TPSA) is 36.7 Å². The van der Waals surface area contributed by atoms with Crippen molar-refractivity contribution in [3.63, 3.8) is 0 Å². The third-order valence-corrected chi connectivity index (χ3v) is 4.79. The Bertz CT molecular complexity index is 819. The van der Waals surface area contributed by atoms with E-state index in [0.717, 1.165) is 47.7 Å². The van der Waals surface area contributed by atoms with Gasteiger partial charge in [-0.25, -0.2) is 9.50 Å². The predicted molar refractivity (Wildman–Crippen MR) is 96.3 cm³/mol. The van der Waals surface area contributed by atoms with Crippen LogP contribution in [0.15, 0.2) is 47.2 Å². The smallest absolute Gasteiger partial charge is 0.154 e. The Morgan fingerprint density at radius 1 is 1.00 bits per heavy atom. The van der Waals surface area contributed by atoms with E-state index in [1.807, 2.05) is 23.8 Å². The highest BCUT2D eigenvalue weighted by molar-refractivity contribution is 9.10. The molecular weight excluding hydrogens is 354 g/mol. The van der Waals surface area contributed by atoms with Gasteiger partial charge in [-0.3, -0.25) is 0 Å². The Balaban J connectivity index is 1.53. The zero-order valence-corrected chi connectivity index (χ0v) is 14.6. The number of fused-ring (bicyclic) bond motifs is 1. The molecule has 0 unspecified atom stereocenters. The first-order chi connectivity index (χ1) is 11.2. The number of aromatic nitrogens is 3. The Morgan fingerprint density at radius 3 is 2.43 bits per heavy atom. The summed E-state index contributed by atoms with van der Waals surface area (Å²) in [6, 6.07) is 10.6. The third-order valence-electron chi connectivity index (χ3n) is 4.26. The van der Waals surface area contributed by atoms with Crippen LogP contribution in [0.4, 0.5) is 11.5 Å². The van der Waals surface area contributed by atoms with Crippen LogP contribution in [0.3, 0.4) is 0 Å². The van der Waals surface area contributed by atoms with Crippen molar-refractivity contribution < 1.29 is 0 Å². The molecule has 1 aromatic carbocycles. The molecule has 3 aromatic rings. The third kappa shape index (κ3) is 2.79. The maximum Gasteiger partial charge on any atom is 0.154 e. The SMILES string of the molecule is Cc1cc2c(N3CCN(c4ccc(Br)cc4)CC3)nccn2n1. The van der Waals surface area contributed by atoms with Gasteiger partial charge < -0.3 is 9.80 Å². The molecule has 23 heavy (non-hydrogen) atoms. The first-order valence-electron chi connectivity index (χ1n) is 7.77. The van der Waals surface area contributed by atoms with E-state index in [4.69, 9.17) is 0 Å². The highest BCUT2D eigenvalue weighted by Crippen LogP contribution is 2.24. The first kappa shape index (κ1) is 14.5. The lowest BCUT2D eigenvalue weighted by atomic mass is 10.2. The quantitative estimate of drug-likeness (QED) is 0.693. The summed E-state index contributed by atoms with van der Waals surface area (Å²) in [5.74, 6) is 1.03. The van der Waals surface area contributed by atoms with Crippen LogP contribution in [0, 0.1) is 6.92 Å². The zero-order chi connectivity index (χ0) is 15.8. The van der Waals surface area contributed by atoms with E-state index in [1.165, 1.54) is 5.69 Å². The molecule has 0 N–H and O–H groups in total. The summed E-state index contributed by atoms with van der Waals surface area (Å²) in [7, 11) is 0. The molecule has 0 bridgehead atoms. The average Bonchev–Trinajstić information content (AvgIpc) is 2.96. The van der Waals surface area contributed by atoms with Crippen molar-refractivity contribution in [1.29, 1.82) is 0 Å². The van der Waals surface area contributed by atoms with Crippen LogP contribution in [0.1, 0.15) is 5.69 Å². The van der Waals surface area contributed by atoms with E-state index in [1.54, 1.807) is 0 Å². The molecule has 0 saturated carbocycles. The summed E-state index contributed by atoms with van der Waals surface area (Å²) in [6.45, 7) is 5.94. The number of hydrogen-bond acceptors (Lipinski definition) is 4. The van der Waals surface area contributed by atoms with Crippen LogP contribution in [0.5, 0.6) is 0 Å². The zero-order valence-electron chi connectivity index (χ0n) is 13.0. The molecule has 3 heterocycles. The molecule has 2 aromatic heterocycles. The van der Waals surface area contributed by atoms with Gasteiger partial charge in [0.2, 0.25) is 0 Å². The fraction of sp³-hybridized carbons (Fsp3) is 0.294. The molecule has 0 spiro atoms. The molecule has 4 rings (SSSR count). The molecule has 0 amide bonds. The van der Waals surface area contributed by atoms with Gasteiger partial charge in [-0.05, 0) is 37.3 Å². The molecule has 1 aliphatic rings. The number of aryl methyl sites for hydroxylation is 1. The van der Waals surface area contributed by atoms with E-state index >= 15 is 0 Å². The standard InChI is InChI=1S/C17H18BrN5/c1-13-12-16-17(19-6-7-23(16)20-13)22-10-8-21(9-11-22)15-4-2-14(18)3-5-15/h2-7,12H,8-11H2,1H3. The van der Waals surface area contributed by atoms with E-state index in [0.29, 0.717) is 0 Å². The Labute approximate surface area is 143 Å². The van der Waals surface area contributed by atoms with Gasteiger partial charge in [0.1, 0.15) is 5.52 Å². The summed E-state index contributed by atoms with van der Waals surface area (Å²) >= 11 is 3.49. The van der Waals surface area contributed by atoms with Gasteiger partial charge in [-0.2, -0.15) is 5.10 Å². The van der Waals surface area contributed by atoms with Crippen molar-refractivity contribution in [2.75, 3.05) is 36.0 Å². The van der Waals surface area contributed by atoms with Crippen molar-refractivity contribution in [2.45, 2.75) is 6.92 Å². The second-order valence-electron chi connectivity index (χ2n) is 5.82. The molecule has 1 saturated heterocycles. The Morgan fingerprint density at radius 2 is 1.70 bits per heavy atom. The number of halogens is 1. The molecule has 0 aliphatic carbocycles. The minimum Gasteiger partial charge on any atom is -0.368 e. The van der Waals surface area contributed by atoms with Gasteiger partial charge in [0, 0.05) is 48.7 Å². The molecule has 5 nitrogen and oxygen atoms in total. The maximum atomic E-state index is 4.59. The van der Waals surface area contributed by atoms with Crippen molar-refractivity contribution in [1.82, 2.24) is 14.6 Å². The van der Waals surface area contributed by atoms with Gasteiger partial charge in [0.25, 0.3) is 0 Å². The van der Waals surface area contributed by atoms with Crippen LogP contribution in [-0.2, 0) is 0 Å². The highest BCUT2D eigenvalue weighted by Gasteiger charge is 2.20. The first-order valence-corrected chi connectivity index (χ1v) is 8.56. The molecule has 0 atom stereocenters. The predicted octanol–water partition coefficient (Wildman–Crippen LogP) is 3.13. The fourth-order valence-electron chi connectivity index (χ4n) is 3.10. The fourth-order valence-corrected chi connectivity index (χ4v) is 3.37. The van der Waals surface area contributed by atoms with E-state index in [2.05, 4.69) is 66.1 Å². The van der Waals surface area contributed by atoms with Crippen LogP contribution < -0.4 is 9.80 Å². The molecule has 1 aliphatic heterocycles. The lowest BCUT2D eigenvalue weighted by Gasteiger charge is -2.36. The van der Waals surface area contributed by atoms with Gasteiger partial charge in [0.15, 0.2) is 5.82 Å². The second kappa shape index (κ2) is 5.85. The number of nitrogens with zero attached hydrogens (tertiary/aromatic N) is 5. The van der Waals surface area contributed by atoms with Crippen LogP contribution >= 0.6 is 15.9 Å². The maximum absolute atomic E-state index is 4.59.